The highest BCUT2D eigenvalue weighted by molar-refractivity contribution is 5.73. The minimum absolute atomic E-state index is 0.0260. The first kappa shape index (κ1) is 11.0. The van der Waals surface area contributed by atoms with E-state index in [0.717, 1.165) is 0 Å². The van der Waals surface area contributed by atoms with Gasteiger partial charge in [-0.2, -0.15) is 5.26 Å². The van der Waals surface area contributed by atoms with Crippen LogP contribution in [0.25, 0.3) is 0 Å². The Morgan fingerprint density at radius 2 is 2.40 bits per heavy atom. The number of ether oxygens (including phenoxy) is 1. The van der Waals surface area contributed by atoms with Crippen LogP contribution < -0.4 is 5.73 Å². The van der Waals surface area contributed by atoms with E-state index >= 15 is 0 Å². The largest absolute Gasteiger partial charge is 0.466 e. The van der Waals surface area contributed by atoms with Crippen LogP contribution in [0.5, 0.6) is 0 Å². The van der Waals surface area contributed by atoms with Gasteiger partial charge in [-0.25, -0.2) is 4.98 Å². The van der Waals surface area contributed by atoms with E-state index in [4.69, 9.17) is 15.7 Å². The average molecular weight is 205 g/mol. The summed E-state index contributed by atoms with van der Waals surface area (Å²) in [5, 5.41) is 8.77. The minimum Gasteiger partial charge on any atom is -0.466 e. The molecule has 0 bridgehead atoms. The van der Waals surface area contributed by atoms with E-state index in [0.29, 0.717) is 17.9 Å². The van der Waals surface area contributed by atoms with Crippen LogP contribution in [0.2, 0.25) is 0 Å². The maximum absolute atomic E-state index is 11.2. The molecule has 2 N–H and O–H groups in total. The lowest BCUT2D eigenvalue weighted by Crippen LogP contribution is -2.10. The lowest BCUT2D eigenvalue weighted by molar-refractivity contribution is -0.142. The van der Waals surface area contributed by atoms with Crippen molar-refractivity contribution in [3.8, 4) is 6.07 Å². The van der Waals surface area contributed by atoms with E-state index in [1.54, 1.807) is 6.92 Å². The summed E-state index contributed by atoms with van der Waals surface area (Å²) >= 11 is 0. The molecule has 0 unspecified atom stereocenters. The quantitative estimate of drug-likeness (QED) is 0.731. The number of anilines is 1. The van der Waals surface area contributed by atoms with Gasteiger partial charge in [0.1, 0.15) is 11.9 Å². The molecule has 1 heterocycles. The molecular formula is C10H11N3O2. The Bertz CT molecular complexity index is 410. The van der Waals surface area contributed by atoms with Crippen LogP contribution in [0.4, 0.5) is 5.82 Å². The summed E-state index contributed by atoms with van der Waals surface area (Å²) in [6, 6.07) is 5.00. The summed E-state index contributed by atoms with van der Waals surface area (Å²) in [6.07, 6.45) is -0.0260. The Labute approximate surface area is 87.5 Å². The molecule has 0 saturated carbocycles. The third kappa shape index (κ3) is 2.95. The van der Waals surface area contributed by atoms with E-state index in [1.165, 1.54) is 12.1 Å². The van der Waals surface area contributed by atoms with Crippen molar-refractivity contribution in [1.82, 2.24) is 4.98 Å². The van der Waals surface area contributed by atoms with E-state index in [2.05, 4.69) is 4.98 Å². The molecule has 0 aliphatic carbocycles. The van der Waals surface area contributed by atoms with Crippen molar-refractivity contribution < 1.29 is 9.53 Å². The molecule has 0 amide bonds. The molecule has 0 aliphatic rings. The number of nitrogens with two attached hydrogens (primary N) is 1. The highest BCUT2D eigenvalue weighted by atomic mass is 16.5. The second-order valence-electron chi connectivity index (χ2n) is 2.82. The third-order valence-electron chi connectivity index (χ3n) is 1.73. The van der Waals surface area contributed by atoms with Gasteiger partial charge in [0.15, 0.2) is 0 Å². The highest BCUT2D eigenvalue weighted by Gasteiger charge is 2.10. The summed E-state index contributed by atoms with van der Waals surface area (Å²) in [5.41, 5.74) is 6.16. The van der Waals surface area contributed by atoms with Gasteiger partial charge in [-0.1, -0.05) is 0 Å². The van der Waals surface area contributed by atoms with Crippen molar-refractivity contribution in [3.05, 3.63) is 23.4 Å². The van der Waals surface area contributed by atoms with Crippen LogP contribution in [-0.2, 0) is 16.0 Å². The summed E-state index contributed by atoms with van der Waals surface area (Å²) in [6.45, 7) is 2.03. The van der Waals surface area contributed by atoms with Crippen molar-refractivity contribution in [2.75, 3.05) is 12.3 Å². The predicted molar refractivity (Wildman–Crippen MR) is 53.7 cm³/mol. The fraction of sp³-hybridized carbons (Fsp3) is 0.300. The second-order valence-corrected chi connectivity index (χ2v) is 2.82. The number of hydrogen-bond acceptors (Lipinski definition) is 5. The number of esters is 1. The number of aromatic nitrogens is 1. The van der Waals surface area contributed by atoms with Crippen LogP contribution in [0.15, 0.2) is 12.1 Å². The van der Waals surface area contributed by atoms with E-state index < -0.39 is 5.97 Å². The summed E-state index contributed by atoms with van der Waals surface area (Å²) in [7, 11) is 0. The van der Waals surface area contributed by atoms with Gasteiger partial charge < -0.3 is 10.5 Å². The molecule has 0 atom stereocenters. The Balaban J connectivity index is 2.88. The summed E-state index contributed by atoms with van der Waals surface area (Å²) in [4.78, 5) is 15.1. The molecule has 0 radical (unpaired) electrons. The summed E-state index contributed by atoms with van der Waals surface area (Å²) < 4.78 is 4.76. The number of pyridine rings is 1. The maximum Gasteiger partial charge on any atom is 0.311 e. The number of nitrogens with zero attached hydrogens (tertiary/aromatic N) is 2. The molecule has 1 aromatic heterocycles. The Morgan fingerprint density at radius 1 is 1.67 bits per heavy atom. The molecule has 0 spiro atoms. The van der Waals surface area contributed by atoms with E-state index in [1.807, 2.05) is 6.07 Å². The molecule has 5 nitrogen and oxygen atoms in total. The predicted octanol–water partition coefficient (Wildman–Crippen LogP) is 0.641. The number of nitriles is 1. The topological polar surface area (TPSA) is 89.0 Å². The fourth-order valence-electron chi connectivity index (χ4n) is 1.10. The Kier molecular flexibility index (Phi) is 3.63. The van der Waals surface area contributed by atoms with Crippen molar-refractivity contribution >= 4 is 11.8 Å². The van der Waals surface area contributed by atoms with Crippen LogP contribution in [-0.4, -0.2) is 17.6 Å². The smallest absolute Gasteiger partial charge is 0.311 e. The minimum atomic E-state index is -0.410. The molecule has 15 heavy (non-hydrogen) atoms. The van der Waals surface area contributed by atoms with E-state index in [9.17, 15) is 4.79 Å². The second kappa shape index (κ2) is 4.96. The zero-order valence-corrected chi connectivity index (χ0v) is 8.36. The Hall–Kier alpha value is -2.09. The van der Waals surface area contributed by atoms with Gasteiger partial charge >= 0.3 is 5.97 Å². The van der Waals surface area contributed by atoms with Gasteiger partial charge in [0.25, 0.3) is 0 Å². The first-order chi connectivity index (χ1) is 7.17. The summed E-state index contributed by atoms with van der Waals surface area (Å²) in [5.74, 6) is -0.125. The number of hydrogen-bond donors (Lipinski definition) is 1. The fourth-order valence-corrected chi connectivity index (χ4v) is 1.10. The van der Waals surface area contributed by atoms with Gasteiger partial charge in [-0.3, -0.25) is 4.79 Å². The van der Waals surface area contributed by atoms with Crippen LogP contribution in [0, 0.1) is 11.3 Å². The van der Waals surface area contributed by atoms with Crippen molar-refractivity contribution in [1.29, 1.82) is 5.26 Å². The molecule has 1 aromatic rings. The molecule has 0 aliphatic heterocycles. The maximum atomic E-state index is 11.2. The standard InChI is InChI=1S/C10H11N3O2/c1-2-15-10(14)5-8-7(6-11)3-4-9(12)13-8/h3-4H,2,5H2,1H3,(H2,12,13). The molecule has 1 rings (SSSR count). The zero-order chi connectivity index (χ0) is 11.3. The molecule has 5 heteroatoms. The van der Waals surface area contributed by atoms with Gasteiger partial charge in [0.05, 0.1) is 24.3 Å². The molecule has 78 valence electrons. The van der Waals surface area contributed by atoms with Crippen LogP contribution >= 0.6 is 0 Å². The first-order valence-corrected chi connectivity index (χ1v) is 4.48. The monoisotopic (exact) mass is 205 g/mol. The first-order valence-electron chi connectivity index (χ1n) is 4.48. The van der Waals surface area contributed by atoms with Gasteiger partial charge in [-0.15, -0.1) is 0 Å². The average Bonchev–Trinajstić information content (AvgIpc) is 2.18. The Morgan fingerprint density at radius 3 is 3.00 bits per heavy atom. The van der Waals surface area contributed by atoms with E-state index in [-0.39, 0.29) is 12.2 Å². The zero-order valence-electron chi connectivity index (χ0n) is 8.36. The number of carbonyl (C=O) groups excluding carboxylic acids is 1. The third-order valence-corrected chi connectivity index (χ3v) is 1.73. The van der Waals surface area contributed by atoms with Crippen LogP contribution in [0.3, 0.4) is 0 Å². The molecule has 0 saturated heterocycles. The molecular weight excluding hydrogens is 194 g/mol. The lowest BCUT2D eigenvalue weighted by Gasteiger charge is -2.03. The normalized spacial score (nSPS) is 9.33. The van der Waals surface area contributed by atoms with Crippen molar-refractivity contribution in [2.24, 2.45) is 0 Å². The van der Waals surface area contributed by atoms with Crippen molar-refractivity contribution in [2.45, 2.75) is 13.3 Å². The SMILES string of the molecule is CCOC(=O)Cc1nc(N)ccc1C#N. The van der Waals surface area contributed by atoms with Gasteiger partial charge in [0.2, 0.25) is 0 Å². The van der Waals surface area contributed by atoms with Crippen LogP contribution in [0.1, 0.15) is 18.2 Å². The molecule has 0 aromatic carbocycles. The van der Waals surface area contributed by atoms with Gasteiger partial charge in [-0.05, 0) is 19.1 Å². The lowest BCUT2D eigenvalue weighted by atomic mass is 10.1. The van der Waals surface area contributed by atoms with Crippen molar-refractivity contribution in [3.63, 3.8) is 0 Å². The number of carbonyl (C=O) groups is 1. The highest BCUT2D eigenvalue weighted by Crippen LogP contribution is 2.09. The van der Waals surface area contributed by atoms with Gasteiger partial charge in [0, 0.05) is 0 Å². The molecule has 0 fully saturated rings. The number of rotatable bonds is 3. The number of nitrogen functional groups attached to an aromatic ring is 1.